The average Bonchev–Trinajstić information content (AvgIpc) is 2.27. The lowest BCUT2D eigenvalue weighted by atomic mass is 9.97. The van der Waals surface area contributed by atoms with Gasteiger partial charge in [0.25, 0.3) is 0 Å². The molecule has 2 N–H and O–H groups in total. The molecular formula is C12H24N2O2. The molecular weight excluding hydrogens is 204 g/mol. The molecule has 94 valence electrons. The van der Waals surface area contributed by atoms with E-state index in [9.17, 15) is 4.79 Å². The number of carbonyl (C=O) groups is 1. The van der Waals surface area contributed by atoms with E-state index in [1.807, 2.05) is 20.8 Å². The summed E-state index contributed by atoms with van der Waals surface area (Å²) in [5, 5.41) is 6.24. The van der Waals surface area contributed by atoms with Gasteiger partial charge in [0.15, 0.2) is 0 Å². The van der Waals surface area contributed by atoms with Gasteiger partial charge in [-0.3, -0.25) is 4.79 Å². The molecule has 0 bridgehead atoms. The molecule has 0 aromatic heterocycles. The van der Waals surface area contributed by atoms with Crippen LogP contribution in [-0.2, 0) is 9.53 Å². The van der Waals surface area contributed by atoms with Crippen molar-refractivity contribution in [1.29, 1.82) is 0 Å². The van der Waals surface area contributed by atoms with Gasteiger partial charge >= 0.3 is 0 Å². The fourth-order valence-corrected chi connectivity index (χ4v) is 1.97. The summed E-state index contributed by atoms with van der Waals surface area (Å²) in [7, 11) is 0. The Morgan fingerprint density at radius 1 is 1.44 bits per heavy atom. The second-order valence-electron chi connectivity index (χ2n) is 4.93. The van der Waals surface area contributed by atoms with Gasteiger partial charge < -0.3 is 15.4 Å². The zero-order valence-corrected chi connectivity index (χ0v) is 10.6. The summed E-state index contributed by atoms with van der Waals surface area (Å²) in [4.78, 5) is 11.9. The van der Waals surface area contributed by atoms with Gasteiger partial charge in [0.05, 0.1) is 5.60 Å². The third-order valence-corrected chi connectivity index (χ3v) is 2.93. The molecule has 0 aliphatic carbocycles. The Hall–Kier alpha value is -0.610. The molecule has 0 saturated carbocycles. The van der Waals surface area contributed by atoms with Crippen LogP contribution in [0, 0.1) is 5.92 Å². The molecule has 1 rings (SSSR count). The number of amides is 1. The first-order chi connectivity index (χ1) is 7.55. The van der Waals surface area contributed by atoms with Gasteiger partial charge in [0, 0.05) is 19.1 Å². The van der Waals surface area contributed by atoms with Crippen LogP contribution in [0.4, 0.5) is 0 Å². The van der Waals surface area contributed by atoms with Gasteiger partial charge in [-0.1, -0.05) is 0 Å². The fraction of sp³-hybridized carbons (Fsp3) is 0.917. The van der Waals surface area contributed by atoms with Crippen LogP contribution in [0.5, 0.6) is 0 Å². The highest BCUT2D eigenvalue weighted by molar-refractivity contribution is 5.78. The van der Waals surface area contributed by atoms with Crippen molar-refractivity contribution < 1.29 is 9.53 Å². The van der Waals surface area contributed by atoms with Crippen LogP contribution < -0.4 is 10.6 Å². The molecule has 1 fully saturated rings. The third kappa shape index (κ3) is 4.49. The van der Waals surface area contributed by atoms with E-state index >= 15 is 0 Å². The molecule has 16 heavy (non-hydrogen) atoms. The summed E-state index contributed by atoms with van der Waals surface area (Å²) >= 11 is 0. The number of nitrogens with one attached hydrogen (secondary N) is 2. The van der Waals surface area contributed by atoms with Crippen molar-refractivity contribution in [2.75, 3.05) is 26.2 Å². The smallest absolute Gasteiger partial charge is 0.223 e. The molecule has 0 atom stereocenters. The maximum absolute atomic E-state index is 11.9. The van der Waals surface area contributed by atoms with Gasteiger partial charge in [0.2, 0.25) is 5.91 Å². The quantitative estimate of drug-likeness (QED) is 0.735. The molecule has 4 heteroatoms. The lowest BCUT2D eigenvalue weighted by molar-refractivity contribution is -0.127. The Balaban J connectivity index is 2.28. The first-order valence-electron chi connectivity index (χ1n) is 6.17. The highest BCUT2D eigenvalue weighted by Gasteiger charge is 2.24. The van der Waals surface area contributed by atoms with Crippen molar-refractivity contribution in [2.24, 2.45) is 5.92 Å². The second kappa shape index (κ2) is 6.21. The van der Waals surface area contributed by atoms with Crippen molar-refractivity contribution in [3.8, 4) is 0 Å². The van der Waals surface area contributed by atoms with Gasteiger partial charge in [-0.2, -0.15) is 0 Å². The highest BCUT2D eigenvalue weighted by Crippen LogP contribution is 2.12. The lowest BCUT2D eigenvalue weighted by Gasteiger charge is -2.27. The Morgan fingerprint density at radius 3 is 2.62 bits per heavy atom. The maximum atomic E-state index is 11.9. The minimum absolute atomic E-state index is 0.175. The van der Waals surface area contributed by atoms with Crippen LogP contribution in [0.3, 0.4) is 0 Å². The Kier molecular flexibility index (Phi) is 5.22. The molecule has 0 unspecified atom stereocenters. The van der Waals surface area contributed by atoms with E-state index in [1.54, 1.807) is 0 Å². The normalized spacial score (nSPS) is 18.4. The van der Waals surface area contributed by atoms with Crippen LogP contribution in [0.25, 0.3) is 0 Å². The molecule has 1 saturated heterocycles. The number of rotatable bonds is 5. The number of piperidine rings is 1. The SMILES string of the molecule is CCOC(C)(C)CNC(=O)C1CCNCC1. The molecule has 0 aromatic rings. The maximum Gasteiger partial charge on any atom is 0.223 e. The predicted molar refractivity (Wildman–Crippen MR) is 64.3 cm³/mol. The van der Waals surface area contributed by atoms with Gasteiger partial charge in [-0.15, -0.1) is 0 Å². The third-order valence-electron chi connectivity index (χ3n) is 2.93. The Morgan fingerprint density at radius 2 is 2.06 bits per heavy atom. The minimum atomic E-state index is -0.267. The topological polar surface area (TPSA) is 50.4 Å². The Labute approximate surface area is 98.1 Å². The van der Waals surface area contributed by atoms with Crippen LogP contribution in [0.2, 0.25) is 0 Å². The largest absolute Gasteiger partial charge is 0.374 e. The summed E-state index contributed by atoms with van der Waals surface area (Å²) in [6.07, 6.45) is 1.89. The summed E-state index contributed by atoms with van der Waals surface area (Å²) in [6, 6.07) is 0. The van der Waals surface area contributed by atoms with Crippen LogP contribution in [0.1, 0.15) is 33.6 Å². The van der Waals surface area contributed by atoms with E-state index in [4.69, 9.17) is 4.74 Å². The van der Waals surface area contributed by atoms with Crippen LogP contribution in [0.15, 0.2) is 0 Å². The highest BCUT2D eigenvalue weighted by atomic mass is 16.5. The van der Waals surface area contributed by atoms with Crippen LogP contribution in [-0.4, -0.2) is 37.7 Å². The first kappa shape index (κ1) is 13.5. The van der Waals surface area contributed by atoms with Crippen molar-refractivity contribution in [3.63, 3.8) is 0 Å². The molecule has 1 amide bonds. The number of ether oxygens (including phenoxy) is 1. The summed E-state index contributed by atoms with van der Waals surface area (Å²) < 4.78 is 5.54. The van der Waals surface area contributed by atoms with E-state index in [-0.39, 0.29) is 17.4 Å². The van der Waals surface area contributed by atoms with Crippen LogP contribution >= 0.6 is 0 Å². The van der Waals surface area contributed by atoms with E-state index in [1.165, 1.54) is 0 Å². The molecule has 0 radical (unpaired) electrons. The number of hydrogen-bond acceptors (Lipinski definition) is 3. The zero-order chi connectivity index (χ0) is 12.0. The second-order valence-corrected chi connectivity index (χ2v) is 4.93. The zero-order valence-electron chi connectivity index (χ0n) is 10.6. The van der Waals surface area contributed by atoms with Gasteiger partial charge in [-0.25, -0.2) is 0 Å². The number of hydrogen-bond donors (Lipinski definition) is 2. The van der Waals surface area contributed by atoms with Crippen molar-refractivity contribution in [3.05, 3.63) is 0 Å². The first-order valence-corrected chi connectivity index (χ1v) is 6.17. The fourth-order valence-electron chi connectivity index (χ4n) is 1.97. The van der Waals surface area contributed by atoms with Crippen molar-refractivity contribution >= 4 is 5.91 Å². The summed E-state index contributed by atoms with van der Waals surface area (Å²) in [5.74, 6) is 0.355. The van der Waals surface area contributed by atoms with Gasteiger partial charge in [-0.05, 0) is 46.7 Å². The van der Waals surface area contributed by atoms with Crippen molar-refractivity contribution in [2.45, 2.75) is 39.2 Å². The van der Waals surface area contributed by atoms with Gasteiger partial charge in [0.1, 0.15) is 0 Å². The van der Waals surface area contributed by atoms with E-state index in [0.29, 0.717) is 13.2 Å². The molecule has 1 heterocycles. The van der Waals surface area contributed by atoms with E-state index in [0.717, 1.165) is 25.9 Å². The average molecular weight is 228 g/mol. The van der Waals surface area contributed by atoms with E-state index < -0.39 is 0 Å². The lowest BCUT2D eigenvalue weighted by Crippen LogP contribution is -2.44. The van der Waals surface area contributed by atoms with E-state index in [2.05, 4.69) is 10.6 Å². The molecule has 1 aliphatic heterocycles. The monoisotopic (exact) mass is 228 g/mol. The number of carbonyl (C=O) groups excluding carboxylic acids is 1. The molecule has 0 spiro atoms. The molecule has 4 nitrogen and oxygen atoms in total. The predicted octanol–water partition coefficient (Wildman–Crippen LogP) is 0.917. The molecule has 1 aliphatic rings. The standard InChI is InChI=1S/C12H24N2O2/c1-4-16-12(2,3)9-14-11(15)10-5-7-13-8-6-10/h10,13H,4-9H2,1-3H3,(H,14,15). The Bertz CT molecular complexity index is 223. The minimum Gasteiger partial charge on any atom is -0.374 e. The summed E-state index contributed by atoms with van der Waals surface area (Å²) in [5.41, 5.74) is -0.267. The van der Waals surface area contributed by atoms with Crippen molar-refractivity contribution in [1.82, 2.24) is 10.6 Å². The summed E-state index contributed by atoms with van der Waals surface area (Å²) in [6.45, 7) is 9.13. The molecule has 0 aromatic carbocycles.